The van der Waals surface area contributed by atoms with Crippen molar-refractivity contribution in [2.45, 2.75) is 25.4 Å². The number of methoxy groups -OCH3 is 1. The molecule has 1 aliphatic rings. The third-order valence-electron chi connectivity index (χ3n) is 5.13. The van der Waals surface area contributed by atoms with E-state index in [1.165, 1.54) is 38.3 Å². The number of halogens is 2. The number of carboxylic acid groups (broad SMARTS) is 1. The Morgan fingerprint density at radius 2 is 1.88 bits per heavy atom. The molecule has 4 rings (SSSR count). The van der Waals surface area contributed by atoms with Gasteiger partial charge in [0.05, 0.1) is 29.4 Å². The molecule has 0 spiro atoms. The molecule has 1 aromatic heterocycles. The Bertz CT molecular complexity index is 1250. The molecule has 2 aromatic carbocycles. The predicted molar refractivity (Wildman–Crippen MR) is 112 cm³/mol. The van der Waals surface area contributed by atoms with Crippen LogP contribution in [0.5, 0.6) is 11.6 Å². The molecule has 3 aromatic rings. The first-order chi connectivity index (χ1) is 15.2. The van der Waals surface area contributed by atoms with Crippen LogP contribution in [-0.2, 0) is 4.79 Å². The molecule has 0 saturated heterocycles. The summed E-state index contributed by atoms with van der Waals surface area (Å²) in [5, 5.41) is 11.4. The molecule has 0 amide bonds. The Labute approximate surface area is 216 Å². The zero-order valence-corrected chi connectivity index (χ0v) is 20.9. The number of nitrogens with zero attached hydrogens (tertiary/aromatic N) is 2. The van der Waals surface area contributed by atoms with Gasteiger partial charge < -0.3 is 19.4 Å². The van der Waals surface area contributed by atoms with Crippen molar-refractivity contribution in [2.75, 3.05) is 7.11 Å². The number of hydrogen-bond acceptors (Lipinski definition) is 7. The van der Waals surface area contributed by atoms with Crippen molar-refractivity contribution >= 4 is 23.4 Å². The largest absolute Gasteiger partial charge is 1.00 e. The van der Waals surface area contributed by atoms with Crippen LogP contribution in [0.3, 0.4) is 0 Å². The van der Waals surface area contributed by atoms with Crippen molar-refractivity contribution in [3.8, 4) is 34.3 Å². The number of Topliss-reactive ketones (excluding diaryl/α,β-unsaturated/α-hetero) is 1. The van der Waals surface area contributed by atoms with E-state index < -0.39 is 17.4 Å². The Morgan fingerprint density at radius 3 is 2.45 bits per heavy atom. The zero-order valence-electron chi connectivity index (χ0n) is 18.1. The summed E-state index contributed by atoms with van der Waals surface area (Å²) in [5.41, 5.74) is -0.0486. The SMILES string of the molecule is COc1c(C(C)=O)cccc1-c1cc(OC2(C(=O)[O-])CC2)nc(-c2ccc(Cl)c(F)c2)n1.[Na+]. The van der Waals surface area contributed by atoms with Gasteiger partial charge in [0, 0.05) is 17.2 Å². The minimum Gasteiger partial charge on any atom is -0.546 e. The van der Waals surface area contributed by atoms with E-state index in [-0.39, 0.29) is 64.9 Å². The molecular weight excluding hydrogens is 462 g/mol. The number of carbonyl (C=O) groups is 2. The Morgan fingerprint density at radius 1 is 1.15 bits per heavy atom. The fraction of sp³-hybridized carbons (Fsp3) is 0.217. The van der Waals surface area contributed by atoms with Gasteiger partial charge in [0.1, 0.15) is 11.6 Å². The van der Waals surface area contributed by atoms with Crippen molar-refractivity contribution in [1.82, 2.24) is 9.97 Å². The second-order valence-corrected chi connectivity index (χ2v) is 7.78. The van der Waals surface area contributed by atoms with Gasteiger partial charge in [-0.15, -0.1) is 0 Å². The van der Waals surface area contributed by atoms with E-state index in [9.17, 15) is 19.1 Å². The van der Waals surface area contributed by atoms with Gasteiger partial charge in [0.15, 0.2) is 17.2 Å². The summed E-state index contributed by atoms with van der Waals surface area (Å²) >= 11 is 5.78. The summed E-state index contributed by atoms with van der Waals surface area (Å²) in [4.78, 5) is 32.3. The Balaban J connectivity index is 0.00000306. The van der Waals surface area contributed by atoms with Crippen LogP contribution in [0.25, 0.3) is 22.6 Å². The number of carboxylic acids is 1. The fourth-order valence-electron chi connectivity index (χ4n) is 3.28. The van der Waals surface area contributed by atoms with E-state index in [4.69, 9.17) is 21.1 Å². The first-order valence-corrected chi connectivity index (χ1v) is 10.0. The average Bonchev–Trinajstić information content (AvgIpc) is 3.55. The molecule has 10 heteroatoms. The second-order valence-electron chi connectivity index (χ2n) is 7.37. The van der Waals surface area contributed by atoms with Crippen molar-refractivity contribution in [2.24, 2.45) is 0 Å². The molecule has 0 unspecified atom stereocenters. The molecule has 1 aliphatic carbocycles. The van der Waals surface area contributed by atoms with Gasteiger partial charge in [-0.1, -0.05) is 17.7 Å². The van der Waals surface area contributed by atoms with Crippen LogP contribution in [0, 0.1) is 5.82 Å². The minimum atomic E-state index is -1.46. The molecule has 33 heavy (non-hydrogen) atoms. The van der Waals surface area contributed by atoms with Gasteiger partial charge in [-0.25, -0.2) is 9.37 Å². The maximum absolute atomic E-state index is 14.1. The van der Waals surface area contributed by atoms with Crippen molar-refractivity contribution in [3.63, 3.8) is 0 Å². The molecule has 1 heterocycles. The predicted octanol–water partition coefficient (Wildman–Crippen LogP) is 0.480. The van der Waals surface area contributed by atoms with Gasteiger partial charge in [0.2, 0.25) is 5.88 Å². The van der Waals surface area contributed by atoms with E-state index in [2.05, 4.69) is 9.97 Å². The molecule has 1 fully saturated rings. The summed E-state index contributed by atoms with van der Waals surface area (Å²) in [5.74, 6) is -1.87. The maximum atomic E-state index is 14.1. The number of ether oxygens (including phenoxy) is 2. The van der Waals surface area contributed by atoms with Crippen molar-refractivity contribution in [3.05, 3.63) is 58.9 Å². The normalized spacial score (nSPS) is 13.6. The summed E-state index contributed by atoms with van der Waals surface area (Å²) in [7, 11) is 1.43. The fourth-order valence-corrected chi connectivity index (χ4v) is 3.39. The summed E-state index contributed by atoms with van der Waals surface area (Å²) < 4.78 is 25.2. The first kappa shape index (κ1) is 25.1. The van der Waals surface area contributed by atoms with Gasteiger partial charge >= 0.3 is 29.6 Å². The number of hydrogen-bond donors (Lipinski definition) is 0. The molecular formula is C23H17ClFN2NaO5. The number of ketones is 1. The van der Waals surface area contributed by atoms with E-state index in [1.807, 2.05) is 0 Å². The molecule has 0 bridgehead atoms. The van der Waals surface area contributed by atoms with Crippen LogP contribution in [0.2, 0.25) is 5.02 Å². The Kier molecular flexibility index (Phi) is 7.43. The van der Waals surface area contributed by atoms with E-state index in [1.54, 1.807) is 18.2 Å². The molecule has 0 atom stereocenters. The van der Waals surface area contributed by atoms with Gasteiger partial charge in [-0.2, -0.15) is 4.98 Å². The third-order valence-corrected chi connectivity index (χ3v) is 5.44. The number of carbonyl (C=O) groups excluding carboxylic acids is 2. The summed E-state index contributed by atoms with van der Waals surface area (Å²) in [6.07, 6.45) is 0.561. The van der Waals surface area contributed by atoms with Gasteiger partial charge in [0.25, 0.3) is 0 Å². The summed E-state index contributed by atoms with van der Waals surface area (Å²) in [6, 6.07) is 10.5. The number of aromatic nitrogens is 2. The third kappa shape index (κ3) is 5.04. The molecule has 164 valence electrons. The smallest absolute Gasteiger partial charge is 0.546 e. The number of aliphatic carboxylic acids is 1. The van der Waals surface area contributed by atoms with Crippen LogP contribution in [0.15, 0.2) is 42.5 Å². The van der Waals surface area contributed by atoms with Crippen LogP contribution >= 0.6 is 11.6 Å². The van der Waals surface area contributed by atoms with E-state index >= 15 is 0 Å². The topological polar surface area (TPSA) is 101 Å². The van der Waals surface area contributed by atoms with Crippen LogP contribution in [0.1, 0.15) is 30.1 Å². The van der Waals surface area contributed by atoms with E-state index in [0.29, 0.717) is 28.1 Å². The molecule has 1 saturated carbocycles. The average molecular weight is 479 g/mol. The molecule has 0 N–H and O–H groups in total. The number of para-hydroxylation sites is 1. The van der Waals surface area contributed by atoms with Crippen LogP contribution in [0.4, 0.5) is 4.39 Å². The second kappa shape index (κ2) is 9.77. The number of rotatable bonds is 7. The zero-order chi connectivity index (χ0) is 23.0. The van der Waals surface area contributed by atoms with Gasteiger partial charge in [-0.05, 0) is 50.1 Å². The van der Waals surface area contributed by atoms with Crippen LogP contribution in [-0.4, -0.2) is 34.4 Å². The maximum Gasteiger partial charge on any atom is 1.00 e. The number of benzene rings is 2. The monoisotopic (exact) mass is 478 g/mol. The Hall–Kier alpha value is -2.52. The summed E-state index contributed by atoms with van der Waals surface area (Å²) in [6.45, 7) is 1.41. The van der Waals surface area contributed by atoms with Crippen LogP contribution < -0.4 is 44.1 Å². The first-order valence-electron chi connectivity index (χ1n) is 9.67. The van der Waals surface area contributed by atoms with Crippen molar-refractivity contribution in [1.29, 1.82) is 0 Å². The molecule has 0 radical (unpaired) electrons. The quantitative estimate of drug-likeness (QED) is 0.359. The molecule has 7 nitrogen and oxygen atoms in total. The minimum absolute atomic E-state index is 0. The standard InChI is InChI=1S/C23H18ClFN2O5.Na/c1-12(28)14-4-3-5-15(20(14)31-2)18-11-19(32-23(8-9-23)22(29)30)27-21(26-18)13-6-7-16(24)17(25)10-13;/h3-7,10-11H,8-9H2,1-2H3,(H,29,30);/q;+1/p-1. The van der Waals surface area contributed by atoms with Crippen molar-refractivity contribution < 1.29 is 58.1 Å². The van der Waals surface area contributed by atoms with Gasteiger partial charge in [-0.3, -0.25) is 4.79 Å². The van der Waals surface area contributed by atoms with E-state index in [0.717, 1.165) is 0 Å². The molecule has 0 aliphatic heterocycles.